The van der Waals surface area contributed by atoms with Gasteiger partial charge in [0.1, 0.15) is 11.5 Å². The van der Waals surface area contributed by atoms with Gasteiger partial charge in [0.05, 0.1) is 19.3 Å². The average molecular weight is 293 g/mol. The van der Waals surface area contributed by atoms with Crippen LogP contribution in [0.15, 0.2) is 18.2 Å². The molecule has 0 fully saturated rings. The number of hydrogen-bond acceptors (Lipinski definition) is 3. The molecule has 0 aliphatic carbocycles. The van der Waals surface area contributed by atoms with E-state index in [0.717, 1.165) is 43.1 Å². The van der Waals surface area contributed by atoms with Gasteiger partial charge in [0, 0.05) is 6.04 Å². The molecule has 1 unspecified atom stereocenters. The lowest BCUT2D eigenvalue weighted by Gasteiger charge is -2.21. The van der Waals surface area contributed by atoms with Crippen LogP contribution in [-0.4, -0.2) is 20.3 Å². The molecule has 1 aromatic rings. The molecule has 0 aliphatic rings. The first-order chi connectivity index (χ1) is 10.2. The van der Waals surface area contributed by atoms with Gasteiger partial charge in [0.25, 0.3) is 0 Å². The van der Waals surface area contributed by atoms with Crippen molar-refractivity contribution < 1.29 is 9.47 Å². The number of benzene rings is 1. The zero-order chi connectivity index (χ0) is 15.5. The predicted octanol–water partition coefficient (Wildman–Crippen LogP) is 4.71. The van der Waals surface area contributed by atoms with E-state index in [1.54, 1.807) is 7.11 Å². The minimum Gasteiger partial charge on any atom is -0.496 e. The van der Waals surface area contributed by atoms with Gasteiger partial charge in [-0.15, -0.1) is 0 Å². The summed E-state index contributed by atoms with van der Waals surface area (Å²) in [7, 11) is 1.72. The number of methoxy groups -OCH3 is 1. The SMILES string of the molecule is CCCCCCOc1cccc(OC)c1C(C)NCCC. The summed E-state index contributed by atoms with van der Waals surface area (Å²) >= 11 is 0. The monoisotopic (exact) mass is 293 g/mol. The number of rotatable bonds is 11. The van der Waals surface area contributed by atoms with E-state index >= 15 is 0 Å². The van der Waals surface area contributed by atoms with Crippen LogP contribution in [-0.2, 0) is 0 Å². The highest BCUT2D eigenvalue weighted by atomic mass is 16.5. The lowest BCUT2D eigenvalue weighted by molar-refractivity contribution is 0.295. The van der Waals surface area contributed by atoms with Crippen LogP contribution in [0.5, 0.6) is 11.5 Å². The third-order valence-corrected chi connectivity index (χ3v) is 3.64. The van der Waals surface area contributed by atoms with E-state index in [2.05, 4.69) is 26.1 Å². The molecule has 0 aliphatic heterocycles. The number of unbranched alkanes of at least 4 members (excludes halogenated alkanes) is 3. The van der Waals surface area contributed by atoms with Crippen molar-refractivity contribution in [1.29, 1.82) is 0 Å². The second kappa shape index (κ2) is 10.5. The zero-order valence-electron chi connectivity index (χ0n) is 14.1. The van der Waals surface area contributed by atoms with Gasteiger partial charge in [-0.25, -0.2) is 0 Å². The van der Waals surface area contributed by atoms with Crippen molar-refractivity contribution in [3.8, 4) is 11.5 Å². The molecule has 0 aromatic heterocycles. The minimum absolute atomic E-state index is 0.228. The van der Waals surface area contributed by atoms with Crippen molar-refractivity contribution >= 4 is 0 Å². The van der Waals surface area contributed by atoms with Crippen molar-refractivity contribution in [3.63, 3.8) is 0 Å². The normalized spacial score (nSPS) is 12.2. The van der Waals surface area contributed by atoms with Crippen LogP contribution in [0.1, 0.15) is 64.5 Å². The van der Waals surface area contributed by atoms with Gasteiger partial charge < -0.3 is 14.8 Å². The van der Waals surface area contributed by atoms with Crippen LogP contribution in [0.2, 0.25) is 0 Å². The largest absolute Gasteiger partial charge is 0.496 e. The summed E-state index contributed by atoms with van der Waals surface area (Å²) in [6.45, 7) is 8.34. The molecule has 0 bridgehead atoms. The van der Waals surface area contributed by atoms with Gasteiger partial charge >= 0.3 is 0 Å². The number of hydrogen-bond donors (Lipinski definition) is 1. The molecule has 0 spiro atoms. The van der Waals surface area contributed by atoms with Crippen molar-refractivity contribution in [1.82, 2.24) is 5.32 Å². The van der Waals surface area contributed by atoms with E-state index in [4.69, 9.17) is 9.47 Å². The molecule has 1 N–H and O–H groups in total. The van der Waals surface area contributed by atoms with Crippen LogP contribution in [0, 0.1) is 0 Å². The highest BCUT2D eigenvalue weighted by molar-refractivity contribution is 5.46. The summed E-state index contributed by atoms with van der Waals surface area (Å²) in [5.41, 5.74) is 1.13. The summed E-state index contributed by atoms with van der Waals surface area (Å²) in [6, 6.07) is 6.27. The first-order valence-electron chi connectivity index (χ1n) is 8.27. The molecule has 1 aromatic carbocycles. The molecular weight excluding hydrogens is 262 g/mol. The Balaban J connectivity index is 2.72. The Morgan fingerprint density at radius 1 is 1.05 bits per heavy atom. The second-order valence-corrected chi connectivity index (χ2v) is 5.46. The van der Waals surface area contributed by atoms with Gasteiger partial charge in [-0.2, -0.15) is 0 Å². The van der Waals surface area contributed by atoms with Gasteiger partial charge in [-0.3, -0.25) is 0 Å². The van der Waals surface area contributed by atoms with Crippen molar-refractivity contribution in [2.24, 2.45) is 0 Å². The Bertz CT molecular complexity index is 393. The van der Waals surface area contributed by atoms with Crippen LogP contribution in [0.25, 0.3) is 0 Å². The van der Waals surface area contributed by atoms with E-state index in [0.29, 0.717) is 0 Å². The summed E-state index contributed by atoms with van der Waals surface area (Å²) in [5.74, 6) is 1.85. The molecule has 0 heterocycles. The van der Waals surface area contributed by atoms with Gasteiger partial charge in [-0.1, -0.05) is 39.2 Å². The van der Waals surface area contributed by atoms with E-state index in [1.165, 1.54) is 19.3 Å². The molecule has 1 rings (SSSR count). The Morgan fingerprint density at radius 2 is 1.81 bits per heavy atom. The molecule has 3 heteroatoms. The van der Waals surface area contributed by atoms with E-state index < -0.39 is 0 Å². The fourth-order valence-electron chi connectivity index (χ4n) is 2.43. The highest BCUT2D eigenvalue weighted by Gasteiger charge is 2.16. The fourth-order valence-corrected chi connectivity index (χ4v) is 2.43. The summed E-state index contributed by atoms with van der Waals surface area (Å²) in [4.78, 5) is 0. The number of nitrogens with one attached hydrogen (secondary N) is 1. The summed E-state index contributed by atoms with van der Waals surface area (Å²) in [6.07, 6.45) is 6.00. The third kappa shape index (κ3) is 5.96. The number of ether oxygens (including phenoxy) is 2. The Hall–Kier alpha value is -1.22. The summed E-state index contributed by atoms with van der Waals surface area (Å²) < 4.78 is 11.5. The molecular formula is C18H31NO2. The quantitative estimate of drug-likeness (QED) is 0.599. The Labute approximate surface area is 130 Å². The molecule has 0 saturated carbocycles. The van der Waals surface area contributed by atoms with Crippen molar-refractivity contribution in [2.75, 3.05) is 20.3 Å². The zero-order valence-corrected chi connectivity index (χ0v) is 14.1. The van der Waals surface area contributed by atoms with Crippen molar-refractivity contribution in [3.05, 3.63) is 23.8 Å². The van der Waals surface area contributed by atoms with Gasteiger partial charge in [-0.05, 0) is 38.4 Å². The lowest BCUT2D eigenvalue weighted by atomic mass is 10.1. The maximum atomic E-state index is 6.01. The van der Waals surface area contributed by atoms with Crippen LogP contribution >= 0.6 is 0 Å². The second-order valence-electron chi connectivity index (χ2n) is 5.46. The third-order valence-electron chi connectivity index (χ3n) is 3.64. The van der Waals surface area contributed by atoms with Crippen LogP contribution in [0.4, 0.5) is 0 Å². The van der Waals surface area contributed by atoms with E-state index in [-0.39, 0.29) is 6.04 Å². The van der Waals surface area contributed by atoms with Gasteiger partial charge in [0.15, 0.2) is 0 Å². The highest BCUT2D eigenvalue weighted by Crippen LogP contribution is 2.34. The first kappa shape index (κ1) is 17.8. The molecule has 0 amide bonds. The minimum atomic E-state index is 0.228. The Morgan fingerprint density at radius 3 is 2.48 bits per heavy atom. The van der Waals surface area contributed by atoms with Gasteiger partial charge in [0.2, 0.25) is 0 Å². The first-order valence-corrected chi connectivity index (χ1v) is 8.27. The van der Waals surface area contributed by atoms with Crippen LogP contribution < -0.4 is 14.8 Å². The average Bonchev–Trinajstić information content (AvgIpc) is 2.52. The lowest BCUT2D eigenvalue weighted by Crippen LogP contribution is -2.20. The predicted molar refractivity (Wildman–Crippen MR) is 89.3 cm³/mol. The van der Waals surface area contributed by atoms with E-state index in [9.17, 15) is 0 Å². The standard InChI is InChI=1S/C18H31NO2/c1-5-7-8-9-14-21-17-12-10-11-16(20-4)18(17)15(3)19-13-6-2/h10-12,15,19H,5-9,13-14H2,1-4H3. The van der Waals surface area contributed by atoms with Crippen LogP contribution in [0.3, 0.4) is 0 Å². The molecule has 120 valence electrons. The molecule has 0 radical (unpaired) electrons. The maximum absolute atomic E-state index is 6.01. The topological polar surface area (TPSA) is 30.5 Å². The smallest absolute Gasteiger partial charge is 0.127 e. The Kier molecular flexibility index (Phi) is 8.91. The van der Waals surface area contributed by atoms with E-state index in [1.807, 2.05) is 18.2 Å². The molecule has 3 nitrogen and oxygen atoms in total. The maximum Gasteiger partial charge on any atom is 0.127 e. The summed E-state index contributed by atoms with van der Waals surface area (Å²) in [5, 5.41) is 3.51. The van der Waals surface area contributed by atoms with Crippen molar-refractivity contribution in [2.45, 2.75) is 58.9 Å². The molecule has 0 saturated heterocycles. The molecule has 1 atom stereocenters. The fraction of sp³-hybridized carbons (Fsp3) is 0.667. The molecule has 21 heavy (non-hydrogen) atoms.